The van der Waals surface area contributed by atoms with Crippen molar-refractivity contribution in [3.05, 3.63) is 48.6 Å². The molecule has 1 rings (SSSR count). The maximum atomic E-state index is 10.5. The van der Waals surface area contributed by atoms with Crippen LogP contribution in [0.1, 0.15) is 32.8 Å². The molecule has 0 heterocycles. The predicted molar refractivity (Wildman–Crippen MR) is 85.9 cm³/mol. The quantitative estimate of drug-likeness (QED) is 0.687. The number of ether oxygens (including phenoxy) is 1. The zero-order chi connectivity index (χ0) is 15.9. The van der Waals surface area contributed by atoms with Crippen LogP contribution in [0.5, 0.6) is 0 Å². The molecule has 0 unspecified atom stereocenters. The molecule has 21 heavy (non-hydrogen) atoms. The van der Waals surface area contributed by atoms with Gasteiger partial charge in [0.15, 0.2) is 0 Å². The van der Waals surface area contributed by atoms with Crippen LogP contribution in [-0.4, -0.2) is 29.0 Å². The first kappa shape index (κ1) is 17.9. The smallest absolute Gasteiger partial charge is 0.0720 e. The lowest BCUT2D eigenvalue weighted by atomic mass is 9.78. The molecule has 0 aliphatic rings. The van der Waals surface area contributed by atoms with Crippen LogP contribution >= 0.6 is 0 Å². The highest BCUT2D eigenvalue weighted by Gasteiger charge is 2.35. The van der Waals surface area contributed by atoms with Crippen molar-refractivity contribution in [1.29, 1.82) is 0 Å². The van der Waals surface area contributed by atoms with E-state index in [9.17, 15) is 10.2 Å². The van der Waals surface area contributed by atoms with Crippen molar-refractivity contribution >= 4 is 0 Å². The SMILES string of the molecule is C=CC[C@H](OCc1ccccc1)[C@H](C)[C@@H](O)C(C)(C)CO. The minimum atomic E-state index is -0.636. The molecule has 0 aliphatic heterocycles. The number of benzene rings is 1. The summed E-state index contributed by atoms with van der Waals surface area (Å²) < 4.78 is 5.98. The van der Waals surface area contributed by atoms with E-state index in [2.05, 4.69) is 6.58 Å². The zero-order valence-electron chi connectivity index (χ0n) is 13.3. The van der Waals surface area contributed by atoms with Crippen LogP contribution in [0.25, 0.3) is 0 Å². The van der Waals surface area contributed by atoms with Crippen LogP contribution in [0.4, 0.5) is 0 Å². The van der Waals surface area contributed by atoms with Crippen LogP contribution in [0.2, 0.25) is 0 Å². The molecule has 0 saturated heterocycles. The number of hydrogen-bond acceptors (Lipinski definition) is 3. The normalized spacial score (nSPS) is 16.2. The Morgan fingerprint density at radius 3 is 2.43 bits per heavy atom. The molecule has 0 aliphatic carbocycles. The van der Waals surface area contributed by atoms with Gasteiger partial charge < -0.3 is 14.9 Å². The molecular formula is C18H28O3. The summed E-state index contributed by atoms with van der Waals surface area (Å²) in [6, 6.07) is 9.97. The molecule has 0 aromatic heterocycles. The minimum Gasteiger partial charge on any atom is -0.396 e. The monoisotopic (exact) mass is 292 g/mol. The van der Waals surface area contributed by atoms with Gasteiger partial charge in [-0.15, -0.1) is 6.58 Å². The van der Waals surface area contributed by atoms with Crippen molar-refractivity contribution in [3.8, 4) is 0 Å². The topological polar surface area (TPSA) is 49.7 Å². The summed E-state index contributed by atoms with van der Waals surface area (Å²) in [5.74, 6) is -0.0890. The van der Waals surface area contributed by atoms with E-state index >= 15 is 0 Å². The van der Waals surface area contributed by atoms with E-state index < -0.39 is 11.5 Å². The third-order valence-corrected chi connectivity index (χ3v) is 4.00. The standard InChI is InChI=1S/C18H28O3/c1-5-9-16(14(2)17(20)18(3,4)13-19)21-12-15-10-7-6-8-11-15/h5-8,10-11,14,16-17,19-20H,1,9,12-13H2,2-4H3/t14-,16-,17+/m0/s1. The zero-order valence-corrected chi connectivity index (χ0v) is 13.3. The van der Waals surface area contributed by atoms with Gasteiger partial charge >= 0.3 is 0 Å². The average molecular weight is 292 g/mol. The Kier molecular flexibility index (Phi) is 7.09. The lowest BCUT2D eigenvalue weighted by Crippen LogP contribution is -2.43. The second-order valence-corrected chi connectivity index (χ2v) is 6.31. The average Bonchev–Trinajstić information content (AvgIpc) is 2.51. The van der Waals surface area contributed by atoms with E-state index in [1.54, 1.807) is 0 Å². The first-order valence-corrected chi connectivity index (χ1v) is 7.47. The molecule has 1 aromatic carbocycles. The van der Waals surface area contributed by atoms with Crippen LogP contribution in [0.15, 0.2) is 43.0 Å². The van der Waals surface area contributed by atoms with Gasteiger partial charge in [-0.1, -0.05) is 57.2 Å². The Morgan fingerprint density at radius 1 is 1.29 bits per heavy atom. The third-order valence-electron chi connectivity index (χ3n) is 4.00. The molecule has 0 saturated carbocycles. The molecular weight excluding hydrogens is 264 g/mol. The van der Waals surface area contributed by atoms with Gasteiger partial charge in [-0.25, -0.2) is 0 Å². The van der Waals surface area contributed by atoms with E-state index in [0.717, 1.165) is 5.56 Å². The molecule has 0 bridgehead atoms. The van der Waals surface area contributed by atoms with Crippen LogP contribution in [0.3, 0.4) is 0 Å². The number of aliphatic hydroxyl groups is 2. The van der Waals surface area contributed by atoms with Gasteiger partial charge in [0.2, 0.25) is 0 Å². The molecule has 0 amide bonds. The first-order chi connectivity index (χ1) is 9.92. The van der Waals surface area contributed by atoms with E-state index in [-0.39, 0.29) is 18.6 Å². The largest absolute Gasteiger partial charge is 0.396 e. The van der Waals surface area contributed by atoms with Gasteiger partial charge in [-0.3, -0.25) is 0 Å². The number of rotatable bonds is 9. The Labute approximate surface area is 128 Å². The van der Waals surface area contributed by atoms with Crippen LogP contribution in [-0.2, 0) is 11.3 Å². The Balaban J connectivity index is 2.69. The van der Waals surface area contributed by atoms with Crippen molar-refractivity contribution in [2.75, 3.05) is 6.61 Å². The third kappa shape index (κ3) is 5.27. The summed E-state index contributed by atoms with van der Waals surface area (Å²) >= 11 is 0. The fourth-order valence-electron chi connectivity index (χ4n) is 2.38. The first-order valence-electron chi connectivity index (χ1n) is 7.47. The molecule has 0 fully saturated rings. The molecule has 118 valence electrons. The molecule has 3 atom stereocenters. The van der Waals surface area contributed by atoms with Crippen molar-refractivity contribution in [1.82, 2.24) is 0 Å². The van der Waals surface area contributed by atoms with E-state index in [1.165, 1.54) is 0 Å². The van der Waals surface area contributed by atoms with E-state index in [1.807, 2.05) is 57.2 Å². The van der Waals surface area contributed by atoms with Crippen LogP contribution < -0.4 is 0 Å². The molecule has 0 radical (unpaired) electrons. The second kappa shape index (κ2) is 8.32. The summed E-state index contributed by atoms with van der Waals surface area (Å²) in [7, 11) is 0. The molecule has 0 spiro atoms. The second-order valence-electron chi connectivity index (χ2n) is 6.31. The van der Waals surface area contributed by atoms with Crippen LogP contribution in [0, 0.1) is 11.3 Å². The molecule has 3 heteroatoms. The summed E-state index contributed by atoms with van der Waals surface area (Å²) in [6.45, 7) is 9.90. The summed E-state index contributed by atoms with van der Waals surface area (Å²) in [4.78, 5) is 0. The highest BCUT2D eigenvalue weighted by atomic mass is 16.5. The molecule has 2 N–H and O–H groups in total. The Morgan fingerprint density at radius 2 is 1.90 bits per heavy atom. The van der Waals surface area contributed by atoms with Gasteiger partial charge in [-0.05, 0) is 12.0 Å². The Hall–Kier alpha value is -1.16. The number of aliphatic hydroxyl groups excluding tert-OH is 2. The van der Waals surface area contributed by atoms with Gasteiger partial charge in [0.25, 0.3) is 0 Å². The predicted octanol–water partition coefficient (Wildman–Crippen LogP) is 3.16. The minimum absolute atomic E-state index is 0.0575. The fraction of sp³-hybridized carbons (Fsp3) is 0.556. The van der Waals surface area contributed by atoms with Crippen molar-refractivity contribution < 1.29 is 14.9 Å². The lowest BCUT2D eigenvalue weighted by molar-refractivity contribution is -0.0864. The highest BCUT2D eigenvalue weighted by molar-refractivity contribution is 5.13. The Bertz CT molecular complexity index is 414. The van der Waals surface area contributed by atoms with Gasteiger partial charge in [0.05, 0.1) is 25.4 Å². The van der Waals surface area contributed by atoms with E-state index in [4.69, 9.17) is 4.74 Å². The fourth-order valence-corrected chi connectivity index (χ4v) is 2.38. The highest BCUT2D eigenvalue weighted by Crippen LogP contribution is 2.29. The van der Waals surface area contributed by atoms with E-state index in [0.29, 0.717) is 13.0 Å². The molecule has 3 nitrogen and oxygen atoms in total. The number of hydrogen-bond donors (Lipinski definition) is 2. The summed E-state index contributed by atoms with van der Waals surface area (Å²) in [5, 5.41) is 19.9. The molecule has 1 aromatic rings. The maximum absolute atomic E-state index is 10.5. The summed E-state index contributed by atoms with van der Waals surface area (Å²) in [5.41, 5.74) is 0.559. The van der Waals surface area contributed by atoms with Gasteiger partial charge in [0, 0.05) is 11.3 Å². The lowest BCUT2D eigenvalue weighted by Gasteiger charge is -2.36. The van der Waals surface area contributed by atoms with Gasteiger partial charge in [0.1, 0.15) is 0 Å². The maximum Gasteiger partial charge on any atom is 0.0720 e. The summed E-state index contributed by atoms with van der Waals surface area (Å²) in [6.07, 6.45) is 1.73. The van der Waals surface area contributed by atoms with Gasteiger partial charge in [-0.2, -0.15) is 0 Å². The van der Waals surface area contributed by atoms with Crippen molar-refractivity contribution in [2.24, 2.45) is 11.3 Å². The van der Waals surface area contributed by atoms with Crippen molar-refractivity contribution in [3.63, 3.8) is 0 Å². The van der Waals surface area contributed by atoms with Crippen molar-refractivity contribution in [2.45, 2.75) is 46.0 Å².